The second-order valence-electron chi connectivity index (χ2n) is 3.71. The molecule has 0 spiro atoms. The Morgan fingerprint density at radius 2 is 1.65 bits per heavy atom. The van der Waals surface area contributed by atoms with Gasteiger partial charge in [0.1, 0.15) is 0 Å². The fraction of sp³-hybridized carbons (Fsp3) is 0.154. The molecule has 1 fully saturated rings. The first-order valence-corrected chi connectivity index (χ1v) is 5.31. The fourth-order valence-corrected chi connectivity index (χ4v) is 1.63. The predicted molar refractivity (Wildman–Crippen MR) is 61.6 cm³/mol. The monoisotopic (exact) mass is 229 g/mol. The molecular weight excluding hydrogens is 218 g/mol. The van der Waals surface area contributed by atoms with Crippen molar-refractivity contribution in [3.05, 3.63) is 42.0 Å². The van der Waals surface area contributed by atoms with Gasteiger partial charge in [0.05, 0.1) is 0 Å². The molecule has 0 atom stereocenters. The lowest BCUT2D eigenvalue weighted by molar-refractivity contribution is -0.146. The van der Waals surface area contributed by atoms with E-state index < -0.39 is 17.7 Å². The van der Waals surface area contributed by atoms with Crippen molar-refractivity contribution in [1.29, 1.82) is 0 Å². The summed E-state index contributed by atoms with van der Waals surface area (Å²) in [7, 11) is 0. The highest BCUT2D eigenvalue weighted by Gasteiger charge is 2.32. The Hall–Kier alpha value is -2.23. The molecule has 1 aliphatic heterocycles. The smallest absolute Gasteiger partial charge is 0.260 e. The van der Waals surface area contributed by atoms with Gasteiger partial charge in [0, 0.05) is 18.9 Å². The first-order chi connectivity index (χ1) is 8.18. The van der Waals surface area contributed by atoms with Crippen LogP contribution in [0.1, 0.15) is 18.4 Å². The second-order valence-corrected chi connectivity index (χ2v) is 3.71. The van der Waals surface area contributed by atoms with Crippen LogP contribution in [0.4, 0.5) is 0 Å². The Morgan fingerprint density at radius 3 is 2.24 bits per heavy atom. The largest absolute Gasteiger partial charge is 0.274 e. The summed E-state index contributed by atoms with van der Waals surface area (Å²) < 4.78 is 0. The average Bonchev–Trinajstić information content (AvgIpc) is 2.67. The standard InChI is InChI=1S/C13H11NO3/c15-11(14-12(16)8-9-13(14)17)7-6-10-4-2-1-3-5-10/h1-7H,8-9H2/b7-6+. The summed E-state index contributed by atoms with van der Waals surface area (Å²) in [6.07, 6.45) is 3.09. The molecule has 17 heavy (non-hydrogen) atoms. The molecule has 1 saturated heterocycles. The molecule has 0 bridgehead atoms. The van der Waals surface area contributed by atoms with E-state index in [4.69, 9.17) is 0 Å². The van der Waals surface area contributed by atoms with Gasteiger partial charge in [0.15, 0.2) is 0 Å². The molecule has 1 heterocycles. The van der Waals surface area contributed by atoms with Crippen LogP contribution in [-0.2, 0) is 14.4 Å². The third kappa shape index (κ3) is 2.47. The number of rotatable bonds is 2. The van der Waals surface area contributed by atoms with Crippen LogP contribution < -0.4 is 0 Å². The summed E-state index contributed by atoms with van der Waals surface area (Å²) in [6.45, 7) is 0. The number of amides is 3. The molecule has 0 aromatic heterocycles. The van der Waals surface area contributed by atoms with Crippen LogP contribution in [0.25, 0.3) is 6.08 Å². The third-order valence-electron chi connectivity index (χ3n) is 2.49. The summed E-state index contributed by atoms with van der Waals surface area (Å²) in [5, 5.41) is 0. The highest BCUT2D eigenvalue weighted by molar-refractivity contribution is 6.18. The van der Waals surface area contributed by atoms with Crippen molar-refractivity contribution in [2.45, 2.75) is 12.8 Å². The van der Waals surface area contributed by atoms with E-state index in [1.807, 2.05) is 30.3 Å². The van der Waals surface area contributed by atoms with Gasteiger partial charge in [0.2, 0.25) is 11.8 Å². The molecule has 1 aromatic carbocycles. The Kier molecular flexibility index (Phi) is 3.14. The summed E-state index contributed by atoms with van der Waals surface area (Å²) in [4.78, 5) is 34.9. The number of carbonyl (C=O) groups excluding carboxylic acids is 3. The van der Waals surface area contributed by atoms with Gasteiger partial charge in [0.25, 0.3) is 5.91 Å². The van der Waals surface area contributed by atoms with Gasteiger partial charge in [-0.2, -0.15) is 0 Å². The van der Waals surface area contributed by atoms with E-state index in [9.17, 15) is 14.4 Å². The SMILES string of the molecule is O=C(/C=C/c1ccccc1)N1C(=O)CCC1=O. The highest BCUT2D eigenvalue weighted by Crippen LogP contribution is 2.12. The molecule has 2 rings (SSSR count). The Balaban J connectivity index is 2.09. The Labute approximate surface area is 98.5 Å². The first kappa shape index (κ1) is 11.3. The minimum atomic E-state index is -0.568. The van der Waals surface area contributed by atoms with Gasteiger partial charge < -0.3 is 0 Å². The molecule has 4 nitrogen and oxygen atoms in total. The molecule has 0 aliphatic carbocycles. The average molecular weight is 229 g/mol. The Morgan fingerprint density at radius 1 is 1.06 bits per heavy atom. The van der Waals surface area contributed by atoms with E-state index in [1.54, 1.807) is 6.08 Å². The fourth-order valence-electron chi connectivity index (χ4n) is 1.63. The lowest BCUT2D eigenvalue weighted by Gasteiger charge is -2.07. The van der Waals surface area contributed by atoms with E-state index in [1.165, 1.54) is 6.08 Å². The molecule has 1 aliphatic rings. The van der Waals surface area contributed by atoms with Gasteiger partial charge in [-0.15, -0.1) is 0 Å². The van der Waals surface area contributed by atoms with Crippen LogP contribution in [0.2, 0.25) is 0 Å². The number of carbonyl (C=O) groups is 3. The lowest BCUT2D eigenvalue weighted by atomic mass is 10.2. The van der Waals surface area contributed by atoms with Gasteiger partial charge in [-0.1, -0.05) is 30.3 Å². The van der Waals surface area contributed by atoms with Crippen LogP contribution in [0.3, 0.4) is 0 Å². The third-order valence-corrected chi connectivity index (χ3v) is 2.49. The van der Waals surface area contributed by atoms with Gasteiger partial charge in [-0.3, -0.25) is 14.4 Å². The molecule has 0 N–H and O–H groups in total. The minimum Gasteiger partial charge on any atom is -0.274 e. The van der Waals surface area contributed by atoms with Gasteiger partial charge in [-0.05, 0) is 11.6 Å². The number of nitrogens with zero attached hydrogens (tertiary/aromatic N) is 1. The van der Waals surface area contributed by atoms with Crippen molar-refractivity contribution >= 4 is 23.8 Å². The molecule has 3 amide bonds. The zero-order chi connectivity index (χ0) is 12.3. The summed E-state index contributed by atoms with van der Waals surface area (Å²) >= 11 is 0. The second kappa shape index (κ2) is 4.74. The number of hydrogen-bond acceptors (Lipinski definition) is 3. The molecule has 0 saturated carbocycles. The van der Waals surface area contributed by atoms with E-state index in [0.717, 1.165) is 5.56 Å². The van der Waals surface area contributed by atoms with Crippen LogP contribution in [-0.4, -0.2) is 22.6 Å². The zero-order valence-corrected chi connectivity index (χ0v) is 9.13. The molecular formula is C13H11NO3. The number of hydrogen-bond donors (Lipinski definition) is 0. The van der Waals surface area contributed by atoms with Crippen molar-refractivity contribution in [3.63, 3.8) is 0 Å². The summed E-state index contributed by atoms with van der Waals surface area (Å²) in [5.41, 5.74) is 0.847. The summed E-state index contributed by atoms with van der Waals surface area (Å²) in [5.74, 6) is -1.41. The summed E-state index contributed by atoms with van der Waals surface area (Å²) in [6, 6.07) is 9.22. The van der Waals surface area contributed by atoms with Crippen molar-refractivity contribution in [1.82, 2.24) is 4.90 Å². The van der Waals surface area contributed by atoms with E-state index in [2.05, 4.69) is 0 Å². The van der Waals surface area contributed by atoms with Gasteiger partial charge >= 0.3 is 0 Å². The lowest BCUT2D eigenvalue weighted by Crippen LogP contribution is -2.34. The van der Waals surface area contributed by atoms with Crippen molar-refractivity contribution in [2.24, 2.45) is 0 Å². The van der Waals surface area contributed by atoms with Crippen molar-refractivity contribution in [2.75, 3.05) is 0 Å². The van der Waals surface area contributed by atoms with Crippen molar-refractivity contribution < 1.29 is 14.4 Å². The maximum atomic E-state index is 11.6. The Bertz CT molecular complexity index is 475. The molecule has 4 heteroatoms. The number of imide groups is 3. The minimum absolute atomic E-state index is 0.129. The molecule has 0 radical (unpaired) electrons. The maximum absolute atomic E-state index is 11.6. The predicted octanol–water partition coefficient (Wildman–Crippen LogP) is 1.38. The number of benzene rings is 1. The van der Waals surface area contributed by atoms with Crippen LogP contribution >= 0.6 is 0 Å². The maximum Gasteiger partial charge on any atom is 0.260 e. The number of likely N-dealkylation sites (tertiary alicyclic amines) is 1. The van der Waals surface area contributed by atoms with Crippen molar-refractivity contribution in [3.8, 4) is 0 Å². The van der Waals surface area contributed by atoms with E-state index >= 15 is 0 Å². The molecule has 86 valence electrons. The van der Waals surface area contributed by atoms with Crippen LogP contribution in [0.5, 0.6) is 0 Å². The quantitative estimate of drug-likeness (QED) is 0.568. The van der Waals surface area contributed by atoms with Gasteiger partial charge in [-0.25, -0.2) is 4.90 Å². The first-order valence-electron chi connectivity index (χ1n) is 5.31. The topological polar surface area (TPSA) is 54.5 Å². The molecule has 1 aromatic rings. The van der Waals surface area contributed by atoms with E-state index in [0.29, 0.717) is 4.90 Å². The highest BCUT2D eigenvalue weighted by atomic mass is 16.2. The van der Waals surface area contributed by atoms with Crippen LogP contribution in [0.15, 0.2) is 36.4 Å². The van der Waals surface area contributed by atoms with Crippen LogP contribution in [0, 0.1) is 0 Å². The zero-order valence-electron chi connectivity index (χ0n) is 9.13. The molecule has 0 unspecified atom stereocenters. The van der Waals surface area contributed by atoms with E-state index in [-0.39, 0.29) is 12.8 Å². The normalized spacial score (nSPS) is 15.9.